The van der Waals surface area contributed by atoms with Crippen LogP contribution in [-0.4, -0.2) is 10.9 Å². The van der Waals surface area contributed by atoms with E-state index in [9.17, 15) is 4.79 Å². The van der Waals surface area contributed by atoms with Crippen molar-refractivity contribution in [2.45, 2.75) is 13.5 Å². The second-order valence-corrected chi connectivity index (χ2v) is 5.64. The molecule has 3 aromatic rings. The summed E-state index contributed by atoms with van der Waals surface area (Å²) in [6, 6.07) is 20.5. The molecule has 0 saturated carbocycles. The van der Waals surface area contributed by atoms with Gasteiger partial charge in [0.1, 0.15) is 18.2 Å². The van der Waals surface area contributed by atoms with Crippen molar-refractivity contribution in [1.29, 1.82) is 0 Å². The van der Waals surface area contributed by atoms with Gasteiger partial charge in [-0.25, -0.2) is 4.98 Å². The summed E-state index contributed by atoms with van der Waals surface area (Å²) in [7, 11) is 0. The molecule has 25 heavy (non-hydrogen) atoms. The van der Waals surface area contributed by atoms with Gasteiger partial charge in [-0.2, -0.15) is 0 Å². The Labute approximate surface area is 146 Å². The number of ether oxygens (including phenoxy) is 1. The number of carbonyl (C=O) groups excluding carboxylic acids is 1. The molecule has 1 aromatic heterocycles. The van der Waals surface area contributed by atoms with Crippen molar-refractivity contribution < 1.29 is 9.53 Å². The Morgan fingerprint density at radius 2 is 1.88 bits per heavy atom. The first-order valence-electron chi connectivity index (χ1n) is 7.93. The molecule has 0 radical (unpaired) electrons. The van der Waals surface area contributed by atoms with E-state index in [1.165, 1.54) is 0 Å². The number of pyridine rings is 1. The molecule has 1 heterocycles. The number of benzene rings is 2. The Morgan fingerprint density at radius 1 is 1.08 bits per heavy atom. The molecule has 0 fully saturated rings. The van der Waals surface area contributed by atoms with E-state index >= 15 is 0 Å². The topological polar surface area (TPSA) is 77.2 Å². The molecular weight excluding hydrogens is 314 g/mol. The number of carbonyl (C=O) groups is 1. The lowest BCUT2D eigenvalue weighted by atomic mass is 10.2. The second kappa shape index (κ2) is 7.49. The van der Waals surface area contributed by atoms with Crippen molar-refractivity contribution in [3.8, 4) is 5.75 Å². The highest BCUT2D eigenvalue weighted by Gasteiger charge is 2.11. The van der Waals surface area contributed by atoms with Crippen LogP contribution in [0.15, 0.2) is 66.7 Å². The largest absolute Gasteiger partial charge is 0.489 e. The lowest BCUT2D eigenvalue weighted by Gasteiger charge is -2.10. The van der Waals surface area contributed by atoms with Gasteiger partial charge >= 0.3 is 0 Å². The number of aryl methyl sites for hydroxylation is 1. The summed E-state index contributed by atoms with van der Waals surface area (Å²) >= 11 is 0. The van der Waals surface area contributed by atoms with E-state index in [4.69, 9.17) is 10.5 Å². The summed E-state index contributed by atoms with van der Waals surface area (Å²) in [4.78, 5) is 16.5. The first-order valence-corrected chi connectivity index (χ1v) is 7.93. The summed E-state index contributed by atoms with van der Waals surface area (Å²) in [5, 5.41) is 2.84. The van der Waals surface area contributed by atoms with Crippen LogP contribution in [0.2, 0.25) is 0 Å². The Bertz CT molecular complexity index is 879. The molecule has 1 amide bonds. The van der Waals surface area contributed by atoms with E-state index in [-0.39, 0.29) is 11.7 Å². The number of amides is 1. The molecule has 5 nitrogen and oxygen atoms in total. The fraction of sp³-hybridized carbons (Fsp3) is 0.100. The van der Waals surface area contributed by atoms with Gasteiger partial charge in [0.25, 0.3) is 5.91 Å². The van der Waals surface area contributed by atoms with Crippen LogP contribution in [-0.2, 0) is 6.61 Å². The van der Waals surface area contributed by atoms with Gasteiger partial charge in [-0.3, -0.25) is 4.79 Å². The summed E-state index contributed by atoms with van der Waals surface area (Å²) in [5.74, 6) is 0.739. The molecule has 126 valence electrons. The standard InChI is InChI=1S/C20H19N3O2/c1-14-10-11-18(19(21)22-14)20(24)23-16-7-5-6-15(12-16)13-25-17-8-3-2-4-9-17/h2-12H,13H2,1H3,(H2,21,22)(H,23,24). The van der Waals surface area contributed by atoms with E-state index in [0.29, 0.717) is 17.9 Å². The minimum Gasteiger partial charge on any atom is -0.489 e. The predicted octanol–water partition coefficient (Wildman–Crippen LogP) is 3.80. The smallest absolute Gasteiger partial charge is 0.259 e. The molecule has 0 aliphatic heterocycles. The molecule has 0 saturated heterocycles. The molecule has 3 rings (SSSR count). The number of hydrogen-bond donors (Lipinski definition) is 2. The van der Waals surface area contributed by atoms with Crippen LogP contribution in [0.5, 0.6) is 5.75 Å². The maximum Gasteiger partial charge on any atom is 0.259 e. The maximum atomic E-state index is 12.4. The van der Waals surface area contributed by atoms with E-state index in [0.717, 1.165) is 17.0 Å². The molecule has 5 heteroatoms. The lowest BCUT2D eigenvalue weighted by Crippen LogP contribution is -2.15. The van der Waals surface area contributed by atoms with Gasteiger partial charge in [0, 0.05) is 11.4 Å². The van der Waals surface area contributed by atoms with E-state index in [1.807, 2.05) is 61.5 Å². The van der Waals surface area contributed by atoms with E-state index in [1.54, 1.807) is 12.1 Å². The number of nitrogens with one attached hydrogen (secondary N) is 1. The van der Waals surface area contributed by atoms with E-state index in [2.05, 4.69) is 10.3 Å². The van der Waals surface area contributed by atoms with Crippen molar-refractivity contribution >= 4 is 17.4 Å². The number of rotatable bonds is 5. The van der Waals surface area contributed by atoms with Crippen molar-refractivity contribution in [3.63, 3.8) is 0 Å². The third kappa shape index (κ3) is 4.35. The Balaban J connectivity index is 1.68. The summed E-state index contributed by atoms with van der Waals surface area (Å²) in [6.45, 7) is 2.25. The Kier molecular flexibility index (Phi) is 4.95. The maximum absolute atomic E-state index is 12.4. The zero-order chi connectivity index (χ0) is 17.6. The highest BCUT2D eigenvalue weighted by Crippen LogP contribution is 2.17. The third-order valence-electron chi connectivity index (χ3n) is 3.64. The van der Waals surface area contributed by atoms with Crippen molar-refractivity contribution in [3.05, 3.63) is 83.6 Å². The van der Waals surface area contributed by atoms with Gasteiger partial charge < -0.3 is 15.8 Å². The summed E-state index contributed by atoms with van der Waals surface area (Å²) < 4.78 is 5.73. The van der Waals surface area contributed by atoms with Gasteiger partial charge in [-0.05, 0) is 48.9 Å². The van der Waals surface area contributed by atoms with Gasteiger partial charge in [0.05, 0.1) is 5.56 Å². The van der Waals surface area contributed by atoms with Crippen molar-refractivity contribution in [2.75, 3.05) is 11.1 Å². The zero-order valence-corrected chi connectivity index (χ0v) is 13.9. The first kappa shape index (κ1) is 16.5. The Morgan fingerprint density at radius 3 is 2.64 bits per heavy atom. The first-order chi connectivity index (χ1) is 12.1. The monoisotopic (exact) mass is 333 g/mol. The van der Waals surface area contributed by atoms with Crippen molar-refractivity contribution in [2.24, 2.45) is 0 Å². The molecular formula is C20H19N3O2. The number of para-hydroxylation sites is 1. The quantitative estimate of drug-likeness (QED) is 0.744. The number of hydrogen-bond acceptors (Lipinski definition) is 4. The third-order valence-corrected chi connectivity index (χ3v) is 3.64. The number of nitrogens with two attached hydrogens (primary N) is 1. The lowest BCUT2D eigenvalue weighted by molar-refractivity contribution is 0.102. The van der Waals surface area contributed by atoms with Crippen LogP contribution in [0.4, 0.5) is 11.5 Å². The van der Waals surface area contributed by atoms with Gasteiger partial charge in [0.2, 0.25) is 0 Å². The number of nitrogen functional groups attached to an aromatic ring is 1. The van der Waals surface area contributed by atoms with Crippen molar-refractivity contribution in [1.82, 2.24) is 4.98 Å². The fourth-order valence-electron chi connectivity index (χ4n) is 2.39. The number of nitrogens with zero attached hydrogens (tertiary/aromatic N) is 1. The predicted molar refractivity (Wildman–Crippen MR) is 98.6 cm³/mol. The SMILES string of the molecule is Cc1ccc(C(=O)Nc2cccc(COc3ccccc3)c2)c(N)n1. The average Bonchev–Trinajstić information content (AvgIpc) is 2.61. The van der Waals surface area contributed by atoms with Crippen LogP contribution in [0.1, 0.15) is 21.6 Å². The number of anilines is 2. The Hall–Kier alpha value is -3.34. The minimum absolute atomic E-state index is 0.223. The number of aromatic nitrogens is 1. The minimum atomic E-state index is -0.286. The molecule has 0 atom stereocenters. The van der Waals surface area contributed by atoms with Crippen LogP contribution in [0.3, 0.4) is 0 Å². The highest BCUT2D eigenvalue weighted by atomic mass is 16.5. The molecule has 2 aromatic carbocycles. The molecule has 0 aliphatic carbocycles. The zero-order valence-electron chi connectivity index (χ0n) is 13.9. The summed E-state index contributed by atoms with van der Waals surface area (Å²) in [6.07, 6.45) is 0. The van der Waals surface area contributed by atoms with Gasteiger partial charge in [-0.1, -0.05) is 30.3 Å². The second-order valence-electron chi connectivity index (χ2n) is 5.64. The van der Waals surface area contributed by atoms with Gasteiger partial charge in [0.15, 0.2) is 0 Å². The molecule has 0 bridgehead atoms. The molecule has 0 unspecified atom stereocenters. The average molecular weight is 333 g/mol. The van der Waals surface area contributed by atoms with Gasteiger partial charge in [-0.15, -0.1) is 0 Å². The summed E-state index contributed by atoms with van der Waals surface area (Å²) in [5.41, 5.74) is 8.59. The fourth-order valence-corrected chi connectivity index (χ4v) is 2.39. The van der Waals surface area contributed by atoms with Crippen LogP contribution >= 0.6 is 0 Å². The molecule has 0 spiro atoms. The van der Waals surface area contributed by atoms with Crippen LogP contribution in [0, 0.1) is 6.92 Å². The van der Waals surface area contributed by atoms with E-state index < -0.39 is 0 Å². The van der Waals surface area contributed by atoms with Crippen LogP contribution < -0.4 is 15.8 Å². The highest BCUT2D eigenvalue weighted by molar-refractivity contribution is 6.07. The molecule has 0 aliphatic rings. The molecule has 3 N–H and O–H groups in total. The van der Waals surface area contributed by atoms with Crippen LogP contribution in [0.25, 0.3) is 0 Å². The normalized spacial score (nSPS) is 10.3.